The fourth-order valence-corrected chi connectivity index (χ4v) is 1.94. The molecular weight excluding hydrogens is 170 g/mol. The SMILES string of the molecule is COC1C(N)CC1OC1CCOC1. The molecule has 4 atom stereocenters. The molecule has 0 aromatic carbocycles. The molecule has 2 aliphatic rings. The normalized spacial score (nSPS) is 44.8. The minimum absolute atomic E-state index is 0.0839. The fourth-order valence-electron chi connectivity index (χ4n) is 1.94. The van der Waals surface area contributed by atoms with Gasteiger partial charge >= 0.3 is 0 Å². The Labute approximate surface area is 78.3 Å². The molecule has 2 N–H and O–H groups in total. The number of ether oxygens (including phenoxy) is 3. The zero-order chi connectivity index (χ0) is 9.26. The molecule has 2 rings (SSSR count). The molecule has 4 unspecified atom stereocenters. The number of nitrogens with two attached hydrogens (primary N) is 1. The maximum absolute atomic E-state index is 5.79. The van der Waals surface area contributed by atoms with E-state index in [0.29, 0.717) is 0 Å². The largest absolute Gasteiger partial charge is 0.379 e. The monoisotopic (exact) mass is 187 g/mol. The van der Waals surface area contributed by atoms with Crippen LogP contribution in [0, 0.1) is 0 Å². The molecule has 4 heteroatoms. The van der Waals surface area contributed by atoms with Crippen molar-refractivity contribution in [2.75, 3.05) is 20.3 Å². The lowest BCUT2D eigenvalue weighted by Gasteiger charge is -2.42. The molecule has 1 saturated carbocycles. The molecule has 1 aliphatic carbocycles. The van der Waals surface area contributed by atoms with Gasteiger partial charge < -0.3 is 19.9 Å². The van der Waals surface area contributed by atoms with Crippen LogP contribution in [-0.2, 0) is 14.2 Å². The Morgan fingerprint density at radius 2 is 2.31 bits per heavy atom. The van der Waals surface area contributed by atoms with Crippen molar-refractivity contribution in [3.05, 3.63) is 0 Å². The summed E-state index contributed by atoms with van der Waals surface area (Å²) in [5.41, 5.74) is 5.76. The lowest BCUT2D eigenvalue weighted by atomic mass is 9.86. The highest BCUT2D eigenvalue weighted by Crippen LogP contribution is 2.27. The molecule has 0 bridgehead atoms. The van der Waals surface area contributed by atoms with Gasteiger partial charge in [0.15, 0.2) is 0 Å². The second-order valence-corrected chi connectivity index (χ2v) is 3.76. The Hall–Kier alpha value is -0.160. The van der Waals surface area contributed by atoms with Crippen LogP contribution in [-0.4, -0.2) is 44.7 Å². The first-order valence-electron chi connectivity index (χ1n) is 4.83. The summed E-state index contributed by atoms with van der Waals surface area (Å²) in [5.74, 6) is 0. The van der Waals surface area contributed by atoms with E-state index in [9.17, 15) is 0 Å². The summed E-state index contributed by atoms with van der Waals surface area (Å²) in [6.45, 7) is 1.54. The van der Waals surface area contributed by atoms with Crippen LogP contribution in [0.25, 0.3) is 0 Å². The summed E-state index contributed by atoms with van der Waals surface area (Å²) in [7, 11) is 1.69. The highest BCUT2D eigenvalue weighted by molar-refractivity contribution is 4.95. The van der Waals surface area contributed by atoms with Crippen molar-refractivity contribution in [3.8, 4) is 0 Å². The second kappa shape index (κ2) is 3.92. The lowest BCUT2D eigenvalue weighted by molar-refractivity contribution is -0.149. The van der Waals surface area contributed by atoms with Crippen LogP contribution in [0.1, 0.15) is 12.8 Å². The molecule has 0 amide bonds. The van der Waals surface area contributed by atoms with E-state index in [2.05, 4.69) is 0 Å². The average Bonchev–Trinajstić information content (AvgIpc) is 2.56. The van der Waals surface area contributed by atoms with Gasteiger partial charge in [0.2, 0.25) is 0 Å². The van der Waals surface area contributed by atoms with E-state index in [4.69, 9.17) is 19.9 Å². The molecule has 4 nitrogen and oxygen atoms in total. The van der Waals surface area contributed by atoms with Gasteiger partial charge in [-0.3, -0.25) is 0 Å². The van der Waals surface area contributed by atoms with E-state index in [1.807, 2.05) is 0 Å². The summed E-state index contributed by atoms with van der Waals surface area (Å²) in [5, 5.41) is 0. The van der Waals surface area contributed by atoms with Crippen molar-refractivity contribution in [1.29, 1.82) is 0 Å². The van der Waals surface area contributed by atoms with Crippen molar-refractivity contribution in [3.63, 3.8) is 0 Å². The van der Waals surface area contributed by atoms with E-state index < -0.39 is 0 Å². The van der Waals surface area contributed by atoms with Crippen molar-refractivity contribution < 1.29 is 14.2 Å². The third kappa shape index (κ3) is 1.86. The Morgan fingerprint density at radius 1 is 1.46 bits per heavy atom. The molecular formula is C9H17NO3. The Kier molecular flexibility index (Phi) is 2.83. The summed E-state index contributed by atoms with van der Waals surface area (Å²) >= 11 is 0. The Bertz CT molecular complexity index is 170. The van der Waals surface area contributed by atoms with Crippen LogP contribution in [0.2, 0.25) is 0 Å². The number of rotatable bonds is 3. The van der Waals surface area contributed by atoms with E-state index >= 15 is 0 Å². The fraction of sp³-hybridized carbons (Fsp3) is 1.00. The van der Waals surface area contributed by atoms with Crippen molar-refractivity contribution in [2.45, 2.75) is 37.2 Å². The summed E-state index contributed by atoms with van der Waals surface area (Å²) in [6.07, 6.45) is 2.44. The van der Waals surface area contributed by atoms with Gasteiger partial charge in [0.05, 0.1) is 24.9 Å². The Balaban J connectivity index is 1.75. The lowest BCUT2D eigenvalue weighted by Crippen LogP contribution is -2.58. The number of hydrogen-bond acceptors (Lipinski definition) is 4. The molecule has 1 aliphatic heterocycles. The number of hydrogen-bond donors (Lipinski definition) is 1. The first-order chi connectivity index (χ1) is 6.31. The van der Waals surface area contributed by atoms with Crippen LogP contribution >= 0.6 is 0 Å². The Morgan fingerprint density at radius 3 is 2.85 bits per heavy atom. The van der Waals surface area contributed by atoms with Crippen molar-refractivity contribution in [2.24, 2.45) is 5.73 Å². The molecule has 1 heterocycles. The molecule has 1 saturated heterocycles. The molecule has 0 aromatic rings. The van der Waals surface area contributed by atoms with Crippen LogP contribution < -0.4 is 5.73 Å². The first kappa shape index (κ1) is 9.40. The van der Waals surface area contributed by atoms with E-state index in [-0.39, 0.29) is 24.4 Å². The third-order valence-corrected chi connectivity index (χ3v) is 2.82. The molecule has 0 radical (unpaired) electrons. The zero-order valence-electron chi connectivity index (χ0n) is 7.94. The van der Waals surface area contributed by atoms with Gasteiger partial charge in [0, 0.05) is 19.8 Å². The number of methoxy groups -OCH3 is 1. The first-order valence-corrected chi connectivity index (χ1v) is 4.83. The molecule has 76 valence electrons. The predicted molar refractivity (Wildman–Crippen MR) is 47.5 cm³/mol. The maximum Gasteiger partial charge on any atom is 0.0984 e. The smallest absolute Gasteiger partial charge is 0.0984 e. The molecule has 13 heavy (non-hydrogen) atoms. The highest BCUT2D eigenvalue weighted by Gasteiger charge is 2.41. The van der Waals surface area contributed by atoms with Gasteiger partial charge in [-0.05, 0) is 12.8 Å². The van der Waals surface area contributed by atoms with Crippen molar-refractivity contribution >= 4 is 0 Å². The van der Waals surface area contributed by atoms with Crippen LogP contribution in [0.5, 0.6) is 0 Å². The summed E-state index contributed by atoms with van der Waals surface area (Å²) < 4.78 is 16.2. The maximum atomic E-state index is 5.79. The summed E-state index contributed by atoms with van der Waals surface area (Å²) in [6, 6.07) is 0.150. The average molecular weight is 187 g/mol. The van der Waals surface area contributed by atoms with Gasteiger partial charge in [-0.2, -0.15) is 0 Å². The molecule has 2 fully saturated rings. The minimum atomic E-state index is 0.0839. The van der Waals surface area contributed by atoms with Crippen LogP contribution in [0.15, 0.2) is 0 Å². The standard InChI is InChI=1S/C9H17NO3/c1-11-9-7(10)4-8(9)13-6-2-3-12-5-6/h6-9H,2-5,10H2,1H3. The van der Waals surface area contributed by atoms with Gasteiger partial charge in [0.25, 0.3) is 0 Å². The molecule has 0 aromatic heterocycles. The van der Waals surface area contributed by atoms with Gasteiger partial charge in [-0.25, -0.2) is 0 Å². The van der Waals surface area contributed by atoms with Gasteiger partial charge in [-0.1, -0.05) is 0 Å². The van der Waals surface area contributed by atoms with E-state index in [1.54, 1.807) is 7.11 Å². The predicted octanol–water partition coefficient (Wildman–Crippen LogP) is -0.0935. The molecule has 0 spiro atoms. The van der Waals surface area contributed by atoms with Gasteiger partial charge in [-0.15, -0.1) is 0 Å². The van der Waals surface area contributed by atoms with E-state index in [0.717, 1.165) is 26.1 Å². The van der Waals surface area contributed by atoms with Gasteiger partial charge in [0.1, 0.15) is 0 Å². The van der Waals surface area contributed by atoms with Crippen LogP contribution in [0.3, 0.4) is 0 Å². The van der Waals surface area contributed by atoms with Crippen LogP contribution in [0.4, 0.5) is 0 Å². The zero-order valence-corrected chi connectivity index (χ0v) is 7.94. The second-order valence-electron chi connectivity index (χ2n) is 3.76. The highest BCUT2D eigenvalue weighted by atomic mass is 16.6. The summed E-state index contributed by atoms with van der Waals surface area (Å²) in [4.78, 5) is 0. The minimum Gasteiger partial charge on any atom is -0.379 e. The third-order valence-electron chi connectivity index (χ3n) is 2.82. The quantitative estimate of drug-likeness (QED) is 0.670. The van der Waals surface area contributed by atoms with Crippen molar-refractivity contribution in [1.82, 2.24) is 0 Å². The van der Waals surface area contributed by atoms with E-state index in [1.165, 1.54) is 0 Å². The topological polar surface area (TPSA) is 53.7 Å².